The SMILES string of the molecule is CCCCCCCCCCCCN(CC(C)O)CC(O)CC. The van der Waals surface area contributed by atoms with Crippen LogP contribution in [0.2, 0.25) is 0 Å². The van der Waals surface area contributed by atoms with Gasteiger partial charge in [0.2, 0.25) is 0 Å². The molecule has 22 heavy (non-hydrogen) atoms. The molecule has 3 nitrogen and oxygen atoms in total. The van der Waals surface area contributed by atoms with Crippen LogP contribution in [0.1, 0.15) is 91.4 Å². The van der Waals surface area contributed by atoms with Crippen LogP contribution in [-0.2, 0) is 0 Å². The molecule has 0 saturated heterocycles. The molecule has 0 aromatic carbocycles. The van der Waals surface area contributed by atoms with Crippen LogP contribution in [0, 0.1) is 0 Å². The summed E-state index contributed by atoms with van der Waals surface area (Å²) < 4.78 is 0. The van der Waals surface area contributed by atoms with Crippen LogP contribution in [0.25, 0.3) is 0 Å². The van der Waals surface area contributed by atoms with Crippen LogP contribution in [0.5, 0.6) is 0 Å². The molecule has 0 aromatic heterocycles. The van der Waals surface area contributed by atoms with Gasteiger partial charge in [-0.1, -0.05) is 71.6 Å². The van der Waals surface area contributed by atoms with Gasteiger partial charge in [0.15, 0.2) is 0 Å². The van der Waals surface area contributed by atoms with E-state index in [2.05, 4.69) is 11.8 Å². The van der Waals surface area contributed by atoms with Crippen LogP contribution in [-0.4, -0.2) is 47.0 Å². The molecule has 0 saturated carbocycles. The average Bonchev–Trinajstić information content (AvgIpc) is 2.48. The third kappa shape index (κ3) is 14.8. The van der Waals surface area contributed by atoms with E-state index in [1.807, 2.05) is 13.8 Å². The smallest absolute Gasteiger partial charge is 0.0664 e. The van der Waals surface area contributed by atoms with Crippen LogP contribution in [0.15, 0.2) is 0 Å². The third-order valence-corrected chi connectivity index (χ3v) is 4.29. The summed E-state index contributed by atoms with van der Waals surface area (Å²) in [7, 11) is 0. The lowest BCUT2D eigenvalue weighted by molar-refractivity contribution is 0.0732. The Kier molecular flexibility index (Phi) is 15.7. The minimum absolute atomic E-state index is 0.262. The Bertz CT molecular complexity index is 221. The molecule has 134 valence electrons. The Morgan fingerprint density at radius 1 is 0.727 bits per heavy atom. The molecule has 0 aromatic rings. The average molecular weight is 316 g/mol. The first kappa shape index (κ1) is 21.9. The van der Waals surface area contributed by atoms with Crippen LogP contribution in [0.4, 0.5) is 0 Å². The molecule has 2 N–H and O–H groups in total. The molecule has 2 unspecified atom stereocenters. The molecule has 0 aliphatic carbocycles. The van der Waals surface area contributed by atoms with Gasteiger partial charge in [-0.25, -0.2) is 0 Å². The molecule has 0 bridgehead atoms. The van der Waals surface area contributed by atoms with E-state index in [-0.39, 0.29) is 12.2 Å². The minimum Gasteiger partial charge on any atom is -0.392 e. The second kappa shape index (κ2) is 15.8. The Hall–Kier alpha value is -0.120. The van der Waals surface area contributed by atoms with Crippen LogP contribution in [0.3, 0.4) is 0 Å². The summed E-state index contributed by atoms with van der Waals surface area (Å²) in [5.74, 6) is 0. The van der Waals surface area contributed by atoms with Gasteiger partial charge in [0, 0.05) is 13.1 Å². The number of hydrogen-bond donors (Lipinski definition) is 2. The first-order valence-corrected chi connectivity index (χ1v) is 9.68. The topological polar surface area (TPSA) is 43.7 Å². The Morgan fingerprint density at radius 3 is 1.68 bits per heavy atom. The van der Waals surface area contributed by atoms with Crippen LogP contribution < -0.4 is 0 Å². The van der Waals surface area contributed by atoms with E-state index in [0.717, 1.165) is 13.0 Å². The molecule has 0 spiro atoms. The van der Waals surface area contributed by atoms with Crippen molar-refractivity contribution in [3.63, 3.8) is 0 Å². The quantitative estimate of drug-likeness (QED) is 0.416. The second-order valence-electron chi connectivity index (χ2n) is 6.85. The molecule has 3 heteroatoms. The van der Waals surface area contributed by atoms with Crippen molar-refractivity contribution in [2.75, 3.05) is 19.6 Å². The Balaban J connectivity index is 3.54. The fraction of sp³-hybridized carbons (Fsp3) is 1.00. The minimum atomic E-state index is -0.313. The monoisotopic (exact) mass is 315 g/mol. The van der Waals surface area contributed by atoms with E-state index in [1.165, 1.54) is 64.2 Å². The van der Waals surface area contributed by atoms with Crippen molar-refractivity contribution >= 4 is 0 Å². The lowest BCUT2D eigenvalue weighted by Gasteiger charge is -2.25. The van der Waals surface area contributed by atoms with E-state index >= 15 is 0 Å². The zero-order chi connectivity index (χ0) is 16.6. The zero-order valence-electron chi connectivity index (χ0n) is 15.4. The zero-order valence-corrected chi connectivity index (χ0v) is 15.4. The summed E-state index contributed by atoms with van der Waals surface area (Å²) in [4.78, 5) is 2.21. The summed E-state index contributed by atoms with van der Waals surface area (Å²) in [5.41, 5.74) is 0. The normalized spacial score (nSPS) is 14.5. The van der Waals surface area contributed by atoms with Gasteiger partial charge in [-0.05, 0) is 26.3 Å². The van der Waals surface area contributed by atoms with E-state index in [1.54, 1.807) is 0 Å². The van der Waals surface area contributed by atoms with E-state index < -0.39 is 0 Å². The second-order valence-corrected chi connectivity index (χ2v) is 6.85. The number of aliphatic hydroxyl groups excluding tert-OH is 2. The molecule has 2 atom stereocenters. The molecule has 0 rings (SSSR count). The van der Waals surface area contributed by atoms with Gasteiger partial charge in [0.1, 0.15) is 0 Å². The Morgan fingerprint density at radius 2 is 1.23 bits per heavy atom. The van der Waals surface area contributed by atoms with Crippen LogP contribution >= 0.6 is 0 Å². The standard InChI is InChI=1S/C19H41NO2/c1-4-6-7-8-9-10-11-12-13-14-15-20(16-18(3)21)17-19(22)5-2/h18-19,21-22H,4-17H2,1-3H3. The van der Waals surface area contributed by atoms with Crippen molar-refractivity contribution < 1.29 is 10.2 Å². The van der Waals surface area contributed by atoms with Crippen molar-refractivity contribution in [2.45, 2.75) is 104 Å². The van der Waals surface area contributed by atoms with Gasteiger partial charge < -0.3 is 10.2 Å². The number of unbranched alkanes of at least 4 members (excludes halogenated alkanes) is 9. The Labute approximate surface area is 139 Å². The predicted octanol–water partition coefficient (Wildman–Crippen LogP) is 4.36. The number of hydrogen-bond acceptors (Lipinski definition) is 3. The van der Waals surface area contributed by atoms with E-state index in [9.17, 15) is 10.2 Å². The summed E-state index contributed by atoms with van der Waals surface area (Å²) in [6.45, 7) is 8.46. The molecule has 0 aliphatic rings. The van der Waals surface area contributed by atoms with Crippen molar-refractivity contribution in [2.24, 2.45) is 0 Å². The van der Waals surface area contributed by atoms with Gasteiger partial charge in [-0.15, -0.1) is 0 Å². The fourth-order valence-corrected chi connectivity index (χ4v) is 2.88. The summed E-state index contributed by atoms with van der Waals surface area (Å²) >= 11 is 0. The highest BCUT2D eigenvalue weighted by atomic mass is 16.3. The molecular formula is C19H41NO2. The van der Waals surface area contributed by atoms with Crippen molar-refractivity contribution in [1.29, 1.82) is 0 Å². The van der Waals surface area contributed by atoms with Crippen molar-refractivity contribution in [1.82, 2.24) is 4.90 Å². The van der Waals surface area contributed by atoms with Crippen molar-refractivity contribution in [3.05, 3.63) is 0 Å². The highest BCUT2D eigenvalue weighted by Crippen LogP contribution is 2.11. The molecule has 0 amide bonds. The summed E-state index contributed by atoms with van der Waals surface area (Å²) in [6, 6.07) is 0. The number of aliphatic hydroxyl groups is 2. The van der Waals surface area contributed by atoms with Gasteiger partial charge in [-0.3, -0.25) is 4.90 Å². The lowest BCUT2D eigenvalue weighted by atomic mass is 10.1. The number of rotatable bonds is 16. The maximum atomic E-state index is 9.78. The summed E-state index contributed by atoms with van der Waals surface area (Å²) in [5, 5.41) is 19.3. The lowest BCUT2D eigenvalue weighted by Crippen LogP contribution is -2.37. The van der Waals surface area contributed by atoms with Gasteiger partial charge in [0.05, 0.1) is 12.2 Å². The molecular weight excluding hydrogens is 274 g/mol. The van der Waals surface area contributed by atoms with Gasteiger partial charge in [-0.2, -0.15) is 0 Å². The third-order valence-electron chi connectivity index (χ3n) is 4.29. The first-order valence-electron chi connectivity index (χ1n) is 9.68. The highest BCUT2D eigenvalue weighted by molar-refractivity contribution is 4.66. The molecule has 0 fully saturated rings. The van der Waals surface area contributed by atoms with Gasteiger partial charge >= 0.3 is 0 Å². The number of nitrogens with zero attached hydrogens (tertiary/aromatic N) is 1. The maximum Gasteiger partial charge on any atom is 0.0664 e. The van der Waals surface area contributed by atoms with E-state index in [0.29, 0.717) is 13.1 Å². The largest absolute Gasteiger partial charge is 0.392 e. The first-order chi connectivity index (χ1) is 10.6. The molecule has 0 heterocycles. The predicted molar refractivity (Wildman–Crippen MR) is 96.3 cm³/mol. The van der Waals surface area contributed by atoms with Crippen molar-refractivity contribution in [3.8, 4) is 0 Å². The summed E-state index contributed by atoms with van der Waals surface area (Å²) in [6.07, 6.45) is 13.7. The van der Waals surface area contributed by atoms with Gasteiger partial charge in [0.25, 0.3) is 0 Å². The molecule has 0 radical (unpaired) electrons. The fourth-order valence-electron chi connectivity index (χ4n) is 2.88. The maximum absolute atomic E-state index is 9.78. The molecule has 0 aliphatic heterocycles. The highest BCUT2D eigenvalue weighted by Gasteiger charge is 2.12. The van der Waals surface area contributed by atoms with E-state index in [4.69, 9.17) is 0 Å².